The van der Waals surface area contributed by atoms with Gasteiger partial charge >= 0.3 is 6.09 Å². The van der Waals surface area contributed by atoms with Crippen molar-refractivity contribution in [3.05, 3.63) is 58.6 Å². The summed E-state index contributed by atoms with van der Waals surface area (Å²) in [5.74, 6) is 0. The predicted molar refractivity (Wildman–Crippen MR) is 136 cm³/mol. The van der Waals surface area contributed by atoms with Gasteiger partial charge in [0.05, 0.1) is 13.2 Å². The van der Waals surface area contributed by atoms with Gasteiger partial charge in [0, 0.05) is 17.1 Å². The summed E-state index contributed by atoms with van der Waals surface area (Å²) in [6, 6.07) is 13.7. The highest BCUT2D eigenvalue weighted by Crippen LogP contribution is 2.42. The lowest BCUT2D eigenvalue weighted by Gasteiger charge is -2.43. The molecule has 1 aliphatic heterocycles. The number of nitrogens with two attached hydrogens (primary N) is 1. The minimum Gasteiger partial charge on any atom is -0.444 e. The molecule has 2 aromatic carbocycles. The third kappa shape index (κ3) is 6.11. The second kappa shape index (κ2) is 11.1. The molecule has 1 fully saturated rings. The van der Waals surface area contributed by atoms with Crippen LogP contribution >= 0.6 is 11.6 Å². The molecule has 0 radical (unpaired) electrons. The Hall–Kier alpha value is -2.12. The monoisotopic (exact) mass is 488 g/mol. The smallest absolute Gasteiger partial charge is 0.410 e. The molecule has 1 saturated heterocycles. The molecule has 2 aromatic rings. The third-order valence-corrected chi connectivity index (χ3v) is 6.43. The van der Waals surface area contributed by atoms with E-state index in [2.05, 4.69) is 19.1 Å². The highest BCUT2D eigenvalue weighted by atomic mass is 35.5. The van der Waals surface area contributed by atoms with Crippen LogP contribution in [0.25, 0.3) is 11.1 Å². The normalized spacial score (nSPS) is 18.4. The lowest BCUT2D eigenvalue weighted by Crippen LogP contribution is -2.55. The molecule has 0 spiro atoms. The zero-order chi connectivity index (χ0) is 24.9. The number of benzene rings is 2. The molecule has 7 heteroatoms. The Morgan fingerprint density at radius 2 is 2.00 bits per heavy atom. The van der Waals surface area contributed by atoms with Crippen LogP contribution in [0.15, 0.2) is 42.5 Å². The minimum absolute atomic E-state index is 0.205. The Morgan fingerprint density at radius 3 is 2.68 bits per heavy atom. The first-order valence-electron chi connectivity index (χ1n) is 12.0. The Kier molecular flexibility index (Phi) is 8.63. The zero-order valence-corrected chi connectivity index (χ0v) is 21.4. The van der Waals surface area contributed by atoms with E-state index >= 15 is 0 Å². The fraction of sp³-hybridized carbons (Fsp3) is 0.519. The molecule has 1 amide bonds. The molecule has 2 atom stereocenters. The molecular formula is C27H37ClN2O4. The van der Waals surface area contributed by atoms with Crippen LogP contribution in [0.2, 0.25) is 5.02 Å². The predicted octanol–water partition coefficient (Wildman–Crippen LogP) is 5.13. The summed E-state index contributed by atoms with van der Waals surface area (Å²) in [7, 11) is 0. The summed E-state index contributed by atoms with van der Waals surface area (Å²) in [5.41, 5.74) is 7.41. The van der Waals surface area contributed by atoms with Crippen molar-refractivity contribution in [1.82, 2.24) is 4.90 Å². The molecule has 34 heavy (non-hydrogen) atoms. The van der Waals surface area contributed by atoms with Crippen molar-refractivity contribution in [3.8, 4) is 11.1 Å². The maximum absolute atomic E-state index is 12.8. The number of amides is 1. The Morgan fingerprint density at radius 1 is 1.26 bits per heavy atom. The first-order chi connectivity index (χ1) is 16.1. The molecule has 0 saturated carbocycles. The average Bonchev–Trinajstić information content (AvgIpc) is 2.81. The summed E-state index contributed by atoms with van der Waals surface area (Å²) in [5, 5.41) is 12.8. The van der Waals surface area contributed by atoms with Crippen molar-refractivity contribution < 1.29 is 19.4 Å². The fourth-order valence-electron chi connectivity index (χ4n) is 4.40. The van der Waals surface area contributed by atoms with Crippen molar-refractivity contribution in [1.29, 1.82) is 0 Å². The highest BCUT2D eigenvalue weighted by molar-refractivity contribution is 6.33. The standard InChI is InChI=1S/C27H37ClN2O4/c1-5-19-9-6-10-20(17-19)24-21(11-7-12-22(24)28)27(32,13-8-14-29)23-18-30(15-16-33-23)25(31)34-26(2,3)4/h6-7,9-12,17,23,32H,5,8,13-16,18,29H2,1-4H3. The first kappa shape index (κ1) is 26.5. The lowest BCUT2D eigenvalue weighted by atomic mass is 9.79. The molecule has 1 heterocycles. The molecule has 3 rings (SSSR count). The van der Waals surface area contributed by atoms with Gasteiger partial charge in [0.1, 0.15) is 17.3 Å². The van der Waals surface area contributed by atoms with Crippen LogP contribution in [-0.4, -0.2) is 54.0 Å². The second-order valence-corrected chi connectivity index (χ2v) is 10.2. The van der Waals surface area contributed by atoms with E-state index in [0.717, 1.165) is 17.5 Å². The second-order valence-electron chi connectivity index (χ2n) is 9.82. The third-order valence-electron chi connectivity index (χ3n) is 6.12. The number of carbonyl (C=O) groups is 1. The van der Waals surface area contributed by atoms with Gasteiger partial charge in [-0.15, -0.1) is 0 Å². The lowest BCUT2D eigenvalue weighted by molar-refractivity contribution is -0.150. The maximum Gasteiger partial charge on any atom is 0.410 e. The summed E-state index contributed by atoms with van der Waals surface area (Å²) < 4.78 is 11.7. The molecule has 0 bridgehead atoms. The summed E-state index contributed by atoms with van der Waals surface area (Å²) in [6.45, 7) is 8.94. The summed E-state index contributed by atoms with van der Waals surface area (Å²) in [6.07, 6.45) is 0.776. The molecule has 0 aliphatic carbocycles. The number of aryl methyl sites for hydroxylation is 1. The van der Waals surface area contributed by atoms with Gasteiger partial charge in [-0.1, -0.05) is 54.9 Å². The van der Waals surface area contributed by atoms with Crippen molar-refractivity contribution in [2.75, 3.05) is 26.2 Å². The van der Waals surface area contributed by atoms with E-state index in [1.54, 1.807) is 4.90 Å². The quantitative estimate of drug-likeness (QED) is 0.564. The van der Waals surface area contributed by atoms with Gasteiger partial charge in [0.15, 0.2) is 0 Å². The molecular weight excluding hydrogens is 452 g/mol. The van der Waals surface area contributed by atoms with Gasteiger partial charge in [-0.25, -0.2) is 4.79 Å². The van der Waals surface area contributed by atoms with Gasteiger partial charge < -0.3 is 25.2 Å². The minimum atomic E-state index is -1.40. The number of halogens is 1. The Labute approximate surface area is 208 Å². The van der Waals surface area contributed by atoms with Crippen LogP contribution < -0.4 is 5.73 Å². The number of nitrogens with zero attached hydrogens (tertiary/aromatic N) is 1. The largest absolute Gasteiger partial charge is 0.444 e. The van der Waals surface area contributed by atoms with E-state index in [1.165, 1.54) is 5.56 Å². The van der Waals surface area contributed by atoms with Crippen molar-refractivity contribution in [2.45, 2.75) is 64.3 Å². The number of hydrogen-bond donors (Lipinski definition) is 2. The number of carbonyl (C=O) groups excluding carboxylic acids is 1. The van der Waals surface area contributed by atoms with Crippen LogP contribution in [-0.2, 0) is 21.5 Å². The zero-order valence-electron chi connectivity index (χ0n) is 20.6. The van der Waals surface area contributed by atoms with Gasteiger partial charge in [-0.3, -0.25) is 0 Å². The van der Waals surface area contributed by atoms with E-state index < -0.39 is 23.4 Å². The number of ether oxygens (including phenoxy) is 2. The van der Waals surface area contributed by atoms with Gasteiger partial charge in [-0.05, 0) is 69.3 Å². The van der Waals surface area contributed by atoms with Crippen LogP contribution in [0.1, 0.15) is 51.7 Å². The van der Waals surface area contributed by atoms with E-state index in [0.29, 0.717) is 43.1 Å². The SMILES string of the molecule is CCc1cccc(-c2c(Cl)cccc2C(O)(CCCN)C2CN(C(=O)OC(C)(C)C)CCO2)c1. The molecule has 1 aliphatic rings. The van der Waals surface area contributed by atoms with Crippen molar-refractivity contribution in [3.63, 3.8) is 0 Å². The number of rotatable bonds is 7. The maximum atomic E-state index is 12.8. The highest BCUT2D eigenvalue weighted by Gasteiger charge is 2.44. The molecule has 2 unspecified atom stereocenters. The first-order valence-corrected chi connectivity index (χ1v) is 12.4. The van der Waals surface area contributed by atoms with Crippen molar-refractivity contribution >= 4 is 17.7 Å². The van der Waals surface area contributed by atoms with Gasteiger partial charge in [0.25, 0.3) is 0 Å². The summed E-state index contributed by atoms with van der Waals surface area (Å²) >= 11 is 6.73. The summed E-state index contributed by atoms with van der Waals surface area (Å²) in [4.78, 5) is 14.4. The van der Waals surface area contributed by atoms with Gasteiger partial charge in [0.2, 0.25) is 0 Å². The fourth-order valence-corrected chi connectivity index (χ4v) is 4.68. The molecule has 3 N–H and O–H groups in total. The van der Waals surface area contributed by atoms with E-state index in [1.807, 2.05) is 51.1 Å². The van der Waals surface area contributed by atoms with Gasteiger partial charge in [-0.2, -0.15) is 0 Å². The Bertz CT molecular complexity index is 991. The van der Waals surface area contributed by atoms with Crippen LogP contribution in [0.3, 0.4) is 0 Å². The molecule has 0 aromatic heterocycles. The van der Waals surface area contributed by atoms with Crippen LogP contribution in [0.5, 0.6) is 0 Å². The number of morpholine rings is 1. The molecule has 6 nitrogen and oxygen atoms in total. The van der Waals surface area contributed by atoms with E-state index in [-0.39, 0.29) is 6.54 Å². The van der Waals surface area contributed by atoms with Crippen LogP contribution in [0, 0.1) is 0 Å². The topological polar surface area (TPSA) is 85.0 Å². The number of aliphatic hydroxyl groups is 1. The molecule has 186 valence electrons. The van der Waals surface area contributed by atoms with Crippen molar-refractivity contribution in [2.24, 2.45) is 5.73 Å². The Balaban J connectivity index is 2.04. The number of hydrogen-bond acceptors (Lipinski definition) is 5. The average molecular weight is 489 g/mol. The van der Waals surface area contributed by atoms with E-state index in [9.17, 15) is 9.90 Å². The van der Waals surface area contributed by atoms with Crippen LogP contribution in [0.4, 0.5) is 4.79 Å². The van der Waals surface area contributed by atoms with E-state index in [4.69, 9.17) is 26.8 Å².